The molecule has 0 aliphatic heterocycles. The molecule has 0 spiro atoms. The van der Waals surface area contributed by atoms with Crippen LogP contribution in [0.5, 0.6) is 0 Å². The first-order valence-electron chi connectivity index (χ1n) is 11.1. The van der Waals surface area contributed by atoms with Crippen molar-refractivity contribution in [1.82, 2.24) is 0 Å². The molecule has 2 heteroatoms. The minimum atomic E-state index is -0.281. The van der Waals surface area contributed by atoms with Crippen LogP contribution in [0, 0.1) is 11.8 Å². The molecule has 1 fully saturated rings. The summed E-state index contributed by atoms with van der Waals surface area (Å²) in [6.07, 6.45) is 4.03. The van der Waals surface area contributed by atoms with Gasteiger partial charge in [-0.1, -0.05) is 121 Å². The van der Waals surface area contributed by atoms with Gasteiger partial charge in [-0.05, 0) is 67.6 Å². The van der Waals surface area contributed by atoms with Gasteiger partial charge in [-0.2, -0.15) is 0 Å². The van der Waals surface area contributed by atoms with Gasteiger partial charge in [0.1, 0.15) is 0 Å². The van der Waals surface area contributed by atoms with E-state index in [1.165, 1.54) is 40.0 Å². The minimum Gasteiger partial charge on any atom is -0.0622 e. The highest BCUT2D eigenvalue weighted by molar-refractivity contribution is 7.73. The fourth-order valence-corrected chi connectivity index (χ4v) is 9.78. The Morgan fingerprint density at radius 1 is 0.419 bits per heavy atom. The molecule has 0 N–H and O–H groups in total. The second-order valence-electron chi connectivity index (χ2n) is 8.32. The van der Waals surface area contributed by atoms with Crippen molar-refractivity contribution >= 4 is 37.1 Å². The van der Waals surface area contributed by atoms with Gasteiger partial charge in [0, 0.05) is 0 Å². The molecule has 1 aliphatic rings. The molecule has 0 heterocycles. The normalized spacial score (nSPS) is 17.7. The Labute approximate surface area is 188 Å². The van der Waals surface area contributed by atoms with Gasteiger partial charge in [-0.25, -0.2) is 0 Å². The molecule has 0 nitrogen and oxygen atoms in total. The molecule has 0 aromatic heterocycles. The molecule has 4 aromatic rings. The summed E-state index contributed by atoms with van der Waals surface area (Å²) >= 11 is 0. The zero-order chi connectivity index (χ0) is 20.9. The molecular weight excluding hydrogens is 410 g/mol. The van der Waals surface area contributed by atoms with E-state index in [1.807, 2.05) is 0 Å². The molecule has 5 rings (SSSR count). The average Bonchev–Trinajstić information content (AvgIpc) is 3.61. The van der Waals surface area contributed by atoms with E-state index in [0.717, 1.165) is 11.8 Å². The Morgan fingerprint density at radius 3 is 0.935 bits per heavy atom. The van der Waals surface area contributed by atoms with Crippen molar-refractivity contribution in [2.75, 3.05) is 12.3 Å². The van der Waals surface area contributed by atoms with Crippen molar-refractivity contribution < 1.29 is 0 Å². The first-order valence-corrected chi connectivity index (χ1v) is 14.2. The van der Waals surface area contributed by atoms with Crippen molar-refractivity contribution in [3.63, 3.8) is 0 Å². The number of rotatable bonds is 8. The van der Waals surface area contributed by atoms with Crippen LogP contribution in [0.25, 0.3) is 0 Å². The zero-order valence-electron chi connectivity index (χ0n) is 17.7. The van der Waals surface area contributed by atoms with E-state index in [4.69, 9.17) is 0 Å². The average molecular weight is 438 g/mol. The van der Waals surface area contributed by atoms with Gasteiger partial charge >= 0.3 is 0 Å². The highest BCUT2D eigenvalue weighted by Gasteiger charge is 2.40. The summed E-state index contributed by atoms with van der Waals surface area (Å²) in [7, 11) is -0.562. The zero-order valence-corrected chi connectivity index (χ0v) is 19.5. The molecule has 0 saturated heterocycles. The van der Waals surface area contributed by atoms with E-state index >= 15 is 0 Å². The van der Waals surface area contributed by atoms with Crippen molar-refractivity contribution in [3.05, 3.63) is 121 Å². The first-order chi connectivity index (χ1) is 15.4. The standard InChI is InChI=1S/C29H28P2/c1-5-13-26(14-6-1)30(27-15-7-2-8-16-27)22-24-21-25(24)23-31(28-17-9-3-10-18-28)29-19-11-4-12-20-29/h1-20,24-25H,21-23H2. The van der Waals surface area contributed by atoms with Crippen molar-refractivity contribution in [2.24, 2.45) is 11.8 Å². The van der Waals surface area contributed by atoms with Gasteiger partial charge in [0.2, 0.25) is 0 Å². The molecule has 2 atom stereocenters. The van der Waals surface area contributed by atoms with Crippen molar-refractivity contribution in [2.45, 2.75) is 6.42 Å². The summed E-state index contributed by atoms with van der Waals surface area (Å²) < 4.78 is 0. The lowest BCUT2D eigenvalue weighted by molar-refractivity contribution is 0.850. The number of benzene rings is 4. The van der Waals surface area contributed by atoms with E-state index in [1.54, 1.807) is 0 Å². The Bertz CT molecular complexity index is 897. The van der Waals surface area contributed by atoms with E-state index in [-0.39, 0.29) is 15.8 Å². The third-order valence-corrected chi connectivity index (χ3v) is 11.5. The van der Waals surface area contributed by atoms with Crippen LogP contribution >= 0.6 is 15.8 Å². The first kappa shape index (κ1) is 20.6. The summed E-state index contributed by atoms with van der Waals surface area (Å²) in [5.41, 5.74) is 0. The maximum atomic E-state index is 2.33. The molecule has 0 amide bonds. The molecule has 0 radical (unpaired) electrons. The Balaban J connectivity index is 1.34. The van der Waals surface area contributed by atoms with E-state index in [0.29, 0.717) is 0 Å². The lowest BCUT2D eigenvalue weighted by Crippen LogP contribution is -2.17. The molecule has 0 bridgehead atoms. The molecular formula is C29H28P2. The maximum absolute atomic E-state index is 2.33. The largest absolute Gasteiger partial charge is 0.0622 e. The maximum Gasteiger partial charge on any atom is -0.0195 e. The van der Waals surface area contributed by atoms with E-state index in [2.05, 4.69) is 121 Å². The lowest BCUT2D eigenvalue weighted by atomic mass is 10.4. The lowest BCUT2D eigenvalue weighted by Gasteiger charge is -2.21. The smallest absolute Gasteiger partial charge is 0.0195 e. The fourth-order valence-electron chi connectivity index (χ4n) is 4.38. The highest BCUT2D eigenvalue weighted by atomic mass is 31.1. The monoisotopic (exact) mass is 438 g/mol. The van der Waals surface area contributed by atoms with Gasteiger partial charge < -0.3 is 0 Å². The highest BCUT2D eigenvalue weighted by Crippen LogP contribution is 2.53. The van der Waals surface area contributed by atoms with Gasteiger partial charge in [0.15, 0.2) is 0 Å². The molecule has 154 valence electrons. The van der Waals surface area contributed by atoms with Crippen molar-refractivity contribution in [1.29, 1.82) is 0 Å². The topological polar surface area (TPSA) is 0 Å². The molecule has 1 aliphatic carbocycles. The summed E-state index contributed by atoms with van der Waals surface area (Å²) in [6.45, 7) is 0. The number of hydrogen-bond acceptors (Lipinski definition) is 0. The Morgan fingerprint density at radius 2 is 0.677 bits per heavy atom. The summed E-state index contributed by atoms with van der Waals surface area (Å²) in [4.78, 5) is 0. The van der Waals surface area contributed by atoms with Gasteiger partial charge in [0.25, 0.3) is 0 Å². The minimum absolute atomic E-state index is 0.281. The van der Waals surface area contributed by atoms with E-state index < -0.39 is 0 Å². The van der Waals surface area contributed by atoms with Gasteiger partial charge in [-0.15, -0.1) is 0 Å². The van der Waals surface area contributed by atoms with Crippen LogP contribution in [0.2, 0.25) is 0 Å². The van der Waals surface area contributed by atoms with Crippen LogP contribution in [0.1, 0.15) is 6.42 Å². The van der Waals surface area contributed by atoms with Crippen LogP contribution in [-0.2, 0) is 0 Å². The molecule has 4 aromatic carbocycles. The molecule has 31 heavy (non-hydrogen) atoms. The fraction of sp³-hybridized carbons (Fsp3) is 0.172. The summed E-state index contributed by atoms with van der Waals surface area (Å²) in [6, 6.07) is 44.7. The third-order valence-electron chi connectivity index (χ3n) is 6.17. The van der Waals surface area contributed by atoms with E-state index in [9.17, 15) is 0 Å². The van der Waals surface area contributed by atoms with Crippen LogP contribution in [0.4, 0.5) is 0 Å². The summed E-state index contributed by atoms with van der Waals surface area (Å²) in [5.74, 6) is 1.70. The quantitative estimate of drug-likeness (QED) is 0.301. The third kappa shape index (κ3) is 5.15. The van der Waals surface area contributed by atoms with Crippen LogP contribution in [0.15, 0.2) is 121 Å². The number of hydrogen-bond donors (Lipinski definition) is 0. The predicted octanol–water partition coefficient (Wildman–Crippen LogP) is 5.89. The van der Waals surface area contributed by atoms with Crippen LogP contribution in [-0.4, -0.2) is 12.3 Å². The summed E-state index contributed by atoms with van der Waals surface area (Å²) in [5, 5.41) is 6.07. The van der Waals surface area contributed by atoms with Gasteiger partial charge in [-0.3, -0.25) is 0 Å². The van der Waals surface area contributed by atoms with Crippen LogP contribution in [0.3, 0.4) is 0 Å². The molecule has 2 unspecified atom stereocenters. The predicted molar refractivity (Wildman–Crippen MR) is 139 cm³/mol. The Hall–Kier alpha value is -2.26. The molecule has 1 saturated carbocycles. The van der Waals surface area contributed by atoms with Crippen molar-refractivity contribution in [3.8, 4) is 0 Å². The SMILES string of the molecule is c1ccc(P(CC2CC2CP(c2ccccc2)c2ccccc2)c2ccccc2)cc1. The second-order valence-corrected chi connectivity index (χ2v) is 12.8. The second kappa shape index (κ2) is 9.91. The Kier molecular flexibility index (Phi) is 6.60. The van der Waals surface area contributed by atoms with Gasteiger partial charge in [0.05, 0.1) is 0 Å². The van der Waals surface area contributed by atoms with Crippen LogP contribution < -0.4 is 21.2 Å².